The van der Waals surface area contributed by atoms with Crippen molar-refractivity contribution in [2.24, 2.45) is 5.41 Å². The maximum absolute atomic E-state index is 12.0. The van der Waals surface area contributed by atoms with E-state index in [0.29, 0.717) is 47.6 Å². The smallest absolute Gasteiger partial charge is 0.309 e. The van der Waals surface area contributed by atoms with Crippen molar-refractivity contribution in [2.45, 2.75) is 32.4 Å². The largest absolute Gasteiger partial charge is 0.481 e. The highest BCUT2D eigenvalue weighted by molar-refractivity contribution is 7.98. The number of hydrogen-bond acceptors (Lipinski definition) is 5. The molecule has 0 saturated heterocycles. The number of carboxylic acid groups (broad SMARTS) is 1. The van der Waals surface area contributed by atoms with Crippen molar-refractivity contribution in [3.05, 3.63) is 40.4 Å². The minimum Gasteiger partial charge on any atom is -0.481 e. The van der Waals surface area contributed by atoms with Crippen molar-refractivity contribution in [3.63, 3.8) is 0 Å². The normalized spacial score (nSPS) is 11.5. The molecule has 140 valence electrons. The molecule has 0 atom stereocenters. The molecule has 8 heteroatoms. The van der Waals surface area contributed by atoms with E-state index in [4.69, 9.17) is 5.11 Å². The predicted molar refractivity (Wildman–Crippen MR) is 102 cm³/mol. The van der Waals surface area contributed by atoms with Crippen LogP contribution in [0, 0.1) is 5.41 Å². The van der Waals surface area contributed by atoms with Crippen LogP contribution in [0.25, 0.3) is 10.9 Å². The van der Waals surface area contributed by atoms with Crippen molar-refractivity contribution in [1.82, 2.24) is 15.3 Å². The average molecular weight is 377 g/mol. The number of benzene rings is 1. The third-order valence-electron chi connectivity index (χ3n) is 4.03. The lowest BCUT2D eigenvalue weighted by molar-refractivity contribution is -0.147. The van der Waals surface area contributed by atoms with Gasteiger partial charge in [-0.25, -0.2) is 4.98 Å². The number of nitrogens with zero attached hydrogens (tertiary/aromatic N) is 1. The Morgan fingerprint density at radius 1 is 1.31 bits per heavy atom. The molecule has 0 saturated carbocycles. The van der Waals surface area contributed by atoms with E-state index in [1.54, 1.807) is 32.0 Å². The Bertz CT molecular complexity index is 848. The molecule has 1 heterocycles. The lowest BCUT2D eigenvalue weighted by Gasteiger charge is -2.18. The molecule has 0 fully saturated rings. The van der Waals surface area contributed by atoms with Crippen LogP contribution in [0.4, 0.5) is 0 Å². The van der Waals surface area contributed by atoms with Gasteiger partial charge in [-0.1, -0.05) is 12.1 Å². The molecular formula is C18H23N3O4S. The molecular weight excluding hydrogens is 354 g/mol. The molecule has 7 nitrogen and oxygen atoms in total. The summed E-state index contributed by atoms with van der Waals surface area (Å²) >= 11 is 1.51. The first-order chi connectivity index (χ1) is 12.3. The standard InChI is InChI=1S/C18H23N3O4S/c1-18(2,17(24)25)8-9-19-15(22)7-10-26-11-14-20-13-6-4-3-5-12(13)16(23)21-14/h3-6H,7-11H2,1-2H3,(H,19,22)(H,24,25)(H,20,21,23). The van der Waals surface area contributed by atoms with E-state index in [9.17, 15) is 14.4 Å². The molecule has 1 aromatic heterocycles. The number of rotatable bonds is 9. The van der Waals surface area contributed by atoms with Crippen molar-refractivity contribution < 1.29 is 14.7 Å². The zero-order chi connectivity index (χ0) is 19.2. The fourth-order valence-electron chi connectivity index (χ4n) is 2.25. The Morgan fingerprint density at radius 2 is 2.04 bits per heavy atom. The summed E-state index contributed by atoms with van der Waals surface area (Å²) in [7, 11) is 0. The molecule has 0 radical (unpaired) electrons. The predicted octanol–water partition coefficient (Wildman–Crippen LogP) is 2.16. The Labute approximate surface area is 155 Å². The highest BCUT2D eigenvalue weighted by atomic mass is 32.2. The van der Waals surface area contributed by atoms with Gasteiger partial charge in [0.05, 0.1) is 22.1 Å². The van der Waals surface area contributed by atoms with Gasteiger partial charge < -0.3 is 15.4 Å². The van der Waals surface area contributed by atoms with E-state index in [2.05, 4.69) is 15.3 Å². The molecule has 0 aliphatic rings. The summed E-state index contributed by atoms with van der Waals surface area (Å²) < 4.78 is 0. The number of amides is 1. The van der Waals surface area contributed by atoms with Gasteiger partial charge in [-0.3, -0.25) is 14.4 Å². The number of para-hydroxylation sites is 1. The number of fused-ring (bicyclic) bond motifs is 1. The van der Waals surface area contributed by atoms with Crippen LogP contribution in [-0.2, 0) is 15.3 Å². The third-order valence-corrected chi connectivity index (χ3v) is 5.00. The van der Waals surface area contributed by atoms with Gasteiger partial charge in [-0.05, 0) is 32.4 Å². The van der Waals surface area contributed by atoms with Crippen molar-refractivity contribution in [3.8, 4) is 0 Å². The van der Waals surface area contributed by atoms with Crippen LogP contribution in [0.1, 0.15) is 32.5 Å². The number of nitrogens with one attached hydrogen (secondary N) is 2. The second-order valence-corrected chi connectivity index (χ2v) is 7.73. The summed E-state index contributed by atoms with van der Waals surface area (Å²) in [4.78, 5) is 41.9. The van der Waals surface area contributed by atoms with Crippen LogP contribution in [0.15, 0.2) is 29.1 Å². The molecule has 0 aliphatic carbocycles. The first-order valence-corrected chi connectivity index (χ1v) is 9.51. The van der Waals surface area contributed by atoms with Gasteiger partial charge in [0.1, 0.15) is 5.82 Å². The van der Waals surface area contributed by atoms with Crippen LogP contribution in [0.5, 0.6) is 0 Å². The second-order valence-electron chi connectivity index (χ2n) is 6.62. The molecule has 2 aromatic rings. The maximum atomic E-state index is 12.0. The fraction of sp³-hybridized carbons (Fsp3) is 0.444. The van der Waals surface area contributed by atoms with Gasteiger partial charge >= 0.3 is 5.97 Å². The van der Waals surface area contributed by atoms with Crippen molar-refractivity contribution in [2.75, 3.05) is 12.3 Å². The fourth-order valence-corrected chi connectivity index (χ4v) is 3.05. The number of thioether (sulfide) groups is 1. The quantitative estimate of drug-likeness (QED) is 0.577. The summed E-state index contributed by atoms with van der Waals surface area (Å²) in [6, 6.07) is 7.16. The summed E-state index contributed by atoms with van der Waals surface area (Å²) in [6.07, 6.45) is 0.708. The molecule has 1 aromatic carbocycles. The zero-order valence-electron chi connectivity index (χ0n) is 14.9. The first kappa shape index (κ1) is 20.0. The molecule has 3 N–H and O–H groups in total. The number of aromatic amines is 1. The van der Waals surface area contributed by atoms with Gasteiger partial charge in [0.25, 0.3) is 5.56 Å². The number of aliphatic carboxylic acids is 1. The van der Waals surface area contributed by atoms with Crippen LogP contribution in [-0.4, -0.2) is 39.2 Å². The van der Waals surface area contributed by atoms with E-state index in [-0.39, 0.29) is 11.5 Å². The number of carbonyl (C=O) groups excluding carboxylic acids is 1. The van der Waals surface area contributed by atoms with Crippen LogP contribution in [0.3, 0.4) is 0 Å². The molecule has 0 unspecified atom stereocenters. The molecule has 0 aliphatic heterocycles. The number of hydrogen-bond donors (Lipinski definition) is 3. The van der Waals surface area contributed by atoms with E-state index < -0.39 is 11.4 Å². The van der Waals surface area contributed by atoms with Crippen LogP contribution >= 0.6 is 11.8 Å². The lowest BCUT2D eigenvalue weighted by atomic mass is 9.90. The highest BCUT2D eigenvalue weighted by Gasteiger charge is 2.26. The molecule has 2 rings (SSSR count). The zero-order valence-corrected chi connectivity index (χ0v) is 15.7. The molecule has 1 amide bonds. The Hall–Kier alpha value is -2.35. The summed E-state index contributed by atoms with van der Waals surface area (Å²) in [5, 5.41) is 12.3. The maximum Gasteiger partial charge on any atom is 0.309 e. The van der Waals surface area contributed by atoms with Gasteiger partial charge in [0.2, 0.25) is 5.91 Å². The van der Waals surface area contributed by atoms with Crippen LogP contribution < -0.4 is 10.9 Å². The SMILES string of the molecule is CC(C)(CCNC(=O)CCSCc1nc2ccccc2c(=O)[nH]1)C(=O)O. The number of H-pyrrole nitrogens is 1. The van der Waals surface area contributed by atoms with Gasteiger partial charge in [-0.15, -0.1) is 0 Å². The number of carbonyl (C=O) groups is 2. The molecule has 26 heavy (non-hydrogen) atoms. The van der Waals surface area contributed by atoms with E-state index in [1.165, 1.54) is 11.8 Å². The third kappa shape index (κ3) is 5.59. The molecule has 0 bridgehead atoms. The van der Waals surface area contributed by atoms with E-state index in [1.807, 2.05) is 6.07 Å². The van der Waals surface area contributed by atoms with E-state index in [0.717, 1.165) is 0 Å². The minimum atomic E-state index is -0.876. The Kier molecular flexibility index (Phi) is 6.79. The summed E-state index contributed by atoms with van der Waals surface area (Å²) in [5.74, 6) is 0.699. The van der Waals surface area contributed by atoms with Crippen molar-refractivity contribution >= 4 is 34.5 Å². The van der Waals surface area contributed by atoms with Crippen molar-refractivity contribution in [1.29, 1.82) is 0 Å². The molecule has 0 spiro atoms. The number of aromatic nitrogens is 2. The van der Waals surface area contributed by atoms with Crippen LogP contribution in [0.2, 0.25) is 0 Å². The second kappa shape index (κ2) is 8.84. The average Bonchev–Trinajstić information content (AvgIpc) is 2.58. The number of carboxylic acids is 1. The summed E-state index contributed by atoms with van der Waals surface area (Å²) in [6.45, 7) is 3.60. The first-order valence-electron chi connectivity index (χ1n) is 8.35. The Balaban J connectivity index is 1.73. The highest BCUT2D eigenvalue weighted by Crippen LogP contribution is 2.19. The van der Waals surface area contributed by atoms with Gasteiger partial charge in [0, 0.05) is 18.7 Å². The van der Waals surface area contributed by atoms with E-state index >= 15 is 0 Å². The topological polar surface area (TPSA) is 112 Å². The summed E-state index contributed by atoms with van der Waals surface area (Å²) in [5.41, 5.74) is -0.356. The Morgan fingerprint density at radius 3 is 2.77 bits per heavy atom. The van der Waals surface area contributed by atoms with Gasteiger partial charge in [-0.2, -0.15) is 11.8 Å². The minimum absolute atomic E-state index is 0.112. The monoisotopic (exact) mass is 377 g/mol. The lowest BCUT2D eigenvalue weighted by Crippen LogP contribution is -2.32. The van der Waals surface area contributed by atoms with Gasteiger partial charge in [0.15, 0.2) is 0 Å².